The van der Waals surface area contributed by atoms with Gasteiger partial charge >= 0.3 is 0 Å². The highest BCUT2D eigenvalue weighted by Crippen LogP contribution is 2.05. The minimum atomic E-state index is -0.379. The summed E-state index contributed by atoms with van der Waals surface area (Å²) in [6, 6.07) is 0. The molecular formula is C10H18N4O. The Morgan fingerprint density at radius 2 is 2.07 bits per heavy atom. The first kappa shape index (κ1) is 11.9. The van der Waals surface area contributed by atoms with E-state index in [-0.39, 0.29) is 6.10 Å². The van der Waals surface area contributed by atoms with Crippen LogP contribution in [0.2, 0.25) is 0 Å². The summed E-state index contributed by atoms with van der Waals surface area (Å²) in [6.45, 7) is 3.04. The van der Waals surface area contributed by atoms with Crippen LogP contribution in [0.25, 0.3) is 0 Å². The van der Waals surface area contributed by atoms with E-state index in [0.29, 0.717) is 12.5 Å². The van der Waals surface area contributed by atoms with E-state index >= 15 is 0 Å². The van der Waals surface area contributed by atoms with Crippen LogP contribution in [-0.4, -0.2) is 41.8 Å². The van der Waals surface area contributed by atoms with Crippen molar-refractivity contribution < 1.29 is 5.11 Å². The first-order valence-electron chi connectivity index (χ1n) is 4.98. The molecule has 0 fully saturated rings. The Hall–Kier alpha value is -1.20. The Balaban J connectivity index is 2.62. The molecule has 0 aliphatic rings. The number of aliphatic hydroxyl groups is 1. The maximum absolute atomic E-state index is 9.22. The van der Waals surface area contributed by atoms with Crippen LogP contribution >= 0.6 is 0 Å². The summed E-state index contributed by atoms with van der Waals surface area (Å²) >= 11 is 0. The molecule has 0 saturated heterocycles. The molecule has 1 atom stereocenters. The normalized spacial score (nSPS) is 12.5. The molecule has 0 saturated carbocycles. The van der Waals surface area contributed by atoms with Crippen molar-refractivity contribution in [1.29, 1.82) is 0 Å². The van der Waals surface area contributed by atoms with Gasteiger partial charge in [0.1, 0.15) is 0 Å². The van der Waals surface area contributed by atoms with E-state index in [4.69, 9.17) is 0 Å². The highest BCUT2D eigenvalue weighted by molar-refractivity contribution is 5.28. The molecule has 15 heavy (non-hydrogen) atoms. The molecule has 0 bridgehead atoms. The Morgan fingerprint density at radius 1 is 1.47 bits per heavy atom. The molecule has 1 aromatic heterocycles. The van der Waals surface area contributed by atoms with Crippen molar-refractivity contribution >= 4 is 5.95 Å². The van der Waals surface area contributed by atoms with Crippen molar-refractivity contribution in [3.8, 4) is 0 Å². The highest BCUT2D eigenvalue weighted by atomic mass is 16.3. The van der Waals surface area contributed by atoms with Gasteiger partial charge in [0.25, 0.3) is 0 Å². The number of aliphatic hydroxyl groups excluding tert-OH is 1. The van der Waals surface area contributed by atoms with Gasteiger partial charge in [-0.2, -0.15) is 0 Å². The number of likely N-dealkylation sites (N-methyl/N-ethyl adjacent to an activating group) is 1. The molecule has 0 spiro atoms. The molecule has 84 valence electrons. The van der Waals surface area contributed by atoms with Crippen molar-refractivity contribution in [2.45, 2.75) is 19.6 Å². The monoisotopic (exact) mass is 210 g/mol. The third kappa shape index (κ3) is 3.81. The summed E-state index contributed by atoms with van der Waals surface area (Å²) in [4.78, 5) is 10.3. The van der Waals surface area contributed by atoms with Crippen LogP contribution in [-0.2, 0) is 6.54 Å². The summed E-state index contributed by atoms with van der Waals surface area (Å²) in [5.74, 6) is 0.635. The standard InChI is InChI=1S/C10H18N4O/c1-8(15)7-14(3)10-12-5-9(4-11-2)6-13-10/h5-6,8,11,15H,4,7H2,1-3H3. The van der Waals surface area contributed by atoms with E-state index in [1.54, 1.807) is 19.3 Å². The van der Waals surface area contributed by atoms with Gasteiger partial charge < -0.3 is 15.3 Å². The molecule has 1 unspecified atom stereocenters. The SMILES string of the molecule is CNCc1cnc(N(C)CC(C)O)nc1. The maximum Gasteiger partial charge on any atom is 0.225 e. The van der Waals surface area contributed by atoms with E-state index in [1.807, 2.05) is 19.0 Å². The smallest absolute Gasteiger partial charge is 0.225 e. The van der Waals surface area contributed by atoms with E-state index < -0.39 is 0 Å². The molecule has 1 rings (SSSR count). The van der Waals surface area contributed by atoms with Gasteiger partial charge in [0, 0.05) is 38.1 Å². The van der Waals surface area contributed by atoms with Crippen LogP contribution in [0.3, 0.4) is 0 Å². The number of rotatable bonds is 5. The Kier molecular flexibility index (Phi) is 4.45. The average molecular weight is 210 g/mol. The second-order valence-corrected chi connectivity index (χ2v) is 3.65. The summed E-state index contributed by atoms with van der Waals surface area (Å²) < 4.78 is 0. The topological polar surface area (TPSA) is 61.3 Å². The van der Waals surface area contributed by atoms with Crippen molar-refractivity contribution in [3.05, 3.63) is 18.0 Å². The molecule has 0 aliphatic heterocycles. The third-order valence-electron chi connectivity index (χ3n) is 1.95. The maximum atomic E-state index is 9.22. The molecule has 5 heteroatoms. The van der Waals surface area contributed by atoms with Crippen LogP contribution in [0.5, 0.6) is 0 Å². The fourth-order valence-corrected chi connectivity index (χ4v) is 1.32. The lowest BCUT2D eigenvalue weighted by Gasteiger charge is -2.18. The lowest BCUT2D eigenvalue weighted by molar-refractivity contribution is 0.201. The van der Waals surface area contributed by atoms with Crippen LogP contribution in [0.15, 0.2) is 12.4 Å². The fourth-order valence-electron chi connectivity index (χ4n) is 1.32. The van der Waals surface area contributed by atoms with Crippen molar-refractivity contribution in [2.24, 2.45) is 0 Å². The van der Waals surface area contributed by atoms with Gasteiger partial charge in [0.05, 0.1) is 6.10 Å². The predicted molar refractivity (Wildman–Crippen MR) is 59.7 cm³/mol. The minimum Gasteiger partial charge on any atom is -0.392 e. The molecule has 2 N–H and O–H groups in total. The summed E-state index contributed by atoms with van der Waals surface area (Å²) in [7, 11) is 3.74. The zero-order valence-corrected chi connectivity index (χ0v) is 9.44. The summed E-state index contributed by atoms with van der Waals surface area (Å²) in [5, 5.41) is 12.2. The van der Waals surface area contributed by atoms with Crippen LogP contribution in [0, 0.1) is 0 Å². The Labute approximate surface area is 90.2 Å². The molecule has 1 aromatic rings. The minimum absolute atomic E-state index is 0.379. The quantitative estimate of drug-likeness (QED) is 0.717. The molecule has 0 radical (unpaired) electrons. The number of nitrogens with one attached hydrogen (secondary N) is 1. The van der Waals surface area contributed by atoms with Crippen molar-refractivity contribution in [2.75, 3.05) is 25.5 Å². The lowest BCUT2D eigenvalue weighted by Crippen LogP contribution is -2.28. The Bertz CT molecular complexity index is 286. The van der Waals surface area contributed by atoms with Gasteiger partial charge in [-0.15, -0.1) is 0 Å². The van der Waals surface area contributed by atoms with Crippen molar-refractivity contribution in [1.82, 2.24) is 15.3 Å². The van der Waals surface area contributed by atoms with Gasteiger partial charge in [-0.05, 0) is 14.0 Å². The number of aromatic nitrogens is 2. The molecule has 0 aromatic carbocycles. The van der Waals surface area contributed by atoms with Crippen LogP contribution in [0.4, 0.5) is 5.95 Å². The zero-order chi connectivity index (χ0) is 11.3. The first-order valence-corrected chi connectivity index (χ1v) is 4.98. The lowest BCUT2D eigenvalue weighted by atomic mass is 10.3. The zero-order valence-electron chi connectivity index (χ0n) is 9.44. The number of hydrogen-bond donors (Lipinski definition) is 2. The van der Waals surface area contributed by atoms with Crippen molar-refractivity contribution in [3.63, 3.8) is 0 Å². The number of hydrogen-bond acceptors (Lipinski definition) is 5. The summed E-state index contributed by atoms with van der Waals surface area (Å²) in [5.41, 5.74) is 1.05. The predicted octanol–water partition coefficient (Wildman–Crippen LogP) is 0.0130. The van der Waals surface area contributed by atoms with Gasteiger partial charge in [0.2, 0.25) is 5.95 Å². The fraction of sp³-hybridized carbons (Fsp3) is 0.600. The van der Waals surface area contributed by atoms with E-state index in [0.717, 1.165) is 12.1 Å². The van der Waals surface area contributed by atoms with E-state index in [1.165, 1.54) is 0 Å². The van der Waals surface area contributed by atoms with Gasteiger partial charge in [0.15, 0.2) is 0 Å². The second kappa shape index (κ2) is 5.63. The molecule has 5 nitrogen and oxygen atoms in total. The van der Waals surface area contributed by atoms with Crippen LogP contribution < -0.4 is 10.2 Å². The van der Waals surface area contributed by atoms with Gasteiger partial charge in [-0.25, -0.2) is 9.97 Å². The average Bonchev–Trinajstić information content (AvgIpc) is 2.18. The summed E-state index contributed by atoms with van der Waals surface area (Å²) in [6.07, 6.45) is 3.20. The largest absolute Gasteiger partial charge is 0.392 e. The molecule has 1 heterocycles. The molecule has 0 amide bonds. The second-order valence-electron chi connectivity index (χ2n) is 3.65. The Morgan fingerprint density at radius 3 is 2.53 bits per heavy atom. The first-order chi connectivity index (χ1) is 7.13. The molecular weight excluding hydrogens is 192 g/mol. The van der Waals surface area contributed by atoms with E-state index in [2.05, 4.69) is 15.3 Å². The highest BCUT2D eigenvalue weighted by Gasteiger charge is 2.06. The van der Waals surface area contributed by atoms with Gasteiger partial charge in [-0.1, -0.05) is 0 Å². The van der Waals surface area contributed by atoms with Crippen LogP contribution in [0.1, 0.15) is 12.5 Å². The van der Waals surface area contributed by atoms with Gasteiger partial charge in [-0.3, -0.25) is 0 Å². The molecule has 0 aliphatic carbocycles. The number of anilines is 1. The number of nitrogens with zero attached hydrogens (tertiary/aromatic N) is 3. The van der Waals surface area contributed by atoms with E-state index in [9.17, 15) is 5.11 Å². The third-order valence-corrected chi connectivity index (χ3v) is 1.95.